The maximum atomic E-state index is 12.5. The summed E-state index contributed by atoms with van der Waals surface area (Å²) < 4.78 is 1.69. The molecule has 7 nitrogen and oxygen atoms in total. The number of rotatable bonds is 5. The Balaban J connectivity index is 1.53. The fourth-order valence-corrected chi connectivity index (χ4v) is 3.61. The van der Waals surface area contributed by atoms with E-state index >= 15 is 0 Å². The van der Waals surface area contributed by atoms with E-state index in [-0.39, 0.29) is 30.3 Å². The van der Waals surface area contributed by atoms with Crippen molar-refractivity contribution in [3.8, 4) is 0 Å². The lowest BCUT2D eigenvalue weighted by atomic mass is 10.0. The molecule has 3 heterocycles. The Morgan fingerprint density at radius 1 is 1.32 bits per heavy atom. The molecule has 25 heavy (non-hydrogen) atoms. The van der Waals surface area contributed by atoms with Crippen LogP contribution in [0, 0.1) is 0 Å². The third-order valence-corrected chi connectivity index (χ3v) is 4.94. The molecule has 1 aliphatic heterocycles. The summed E-state index contributed by atoms with van der Waals surface area (Å²) in [5, 5.41) is 7.15. The first-order valence-electron chi connectivity index (χ1n) is 8.61. The van der Waals surface area contributed by atoms with Crippen molar-refractivity contribution in [3.05, 3.63) is 48.0 Å². The first-order chi connectivity index (χ1) is 12.1. The number of nitrogens with one attached hydrogen (secondary N) is 1. The topological polar surface area (TPSA) is 80.1 Å². The Morgan fingerprint density at radius 3 is 2.80 bits per heavy atom. The second-order valence-corrected chi connectivity index (χ2v) is 6.76. The molecule has 130 valence electrons. The molecule has 1 aliphatic carbocycles. The van der Waals surface area contributed by atoms with Crippen molar-refractivity contribution in [2.24, 2.45) is 7.05 Å². The highest BCUT2D eigenvalue weighted by atomic mass is 16.2. The second-order valence-electron chi connectivity index (χ2n) is 6.76. The minimum atomic E-state index is -0.224. The van der Waals surface area contributed by atoms with Crippen LogP contribution >= 0.6 is 0 Å². The van der Waals surface area contributed by atoms with Crippen LogP contribution in [0.15, 0.2) is 36.8 Å². The Bertz CT molecular complexity index is 784. The van der Waals surface area contributed by atoms with Crippen LogP contribution in [0.5, 0.6) is 0 Å². The predicted molar refractivity (Wildman–Crippen MR) is 90.3 cm³/mol. The molecular weight excluding hydrogens is 318 g/mol. The Morgan fingerprint density at radius 2 is 2.16 bits per heavy atom. The van der Waals surface area contributed by atoms with Gasteiger partial charge in [-0.1, -0.05) is 6.07 Å². The van der Waals surface area contributed by atoms with Crippen LogP contribution in [0.1, 0.15) is 36.6 Å². The molecule has 7 heteroatoms. The maximum Gasteiger partial charge on any atom is 0.226 e. The summed E-state index contributed by atoms with van der Waals surface area (Å²) in [4.78, 5) is 31.2. The fourth-order valence-electron chi connectivity index (χ4n) is 3.61. The number of amides is 2. The van der Waals surface area contributed by atoms with Crippen LogP contribution in [-0.2, 0) is 23.1 Å². The van der Waals surface area contributed by atoms with E-state index in [0.29, 0.717) is 12.5 Å². The Hall–Kier alpha value is -2.70. The molecule has 2 aliphatic rings. The van der Waals surface area contributed by atoms with Crippen molar-refractivity contribution >= 4 is 11.8 Å². The number of hydrogen-bond acceptors (Lipinski definition) is 4. The van der Waals surface area contributed by atoms with Gasteiger partial charge in [-0.15, -0.1) is 0 Å². The molecule has 0 unspecified atom stereocenters. The summed E-state index contributed by atoms with van der Waals surface area (Å²) in [6.45, 7) is 0. The van der Waals surface area contributed by atoms with Crippen molar-refractivity contribution in [1.82, 2.24) is 25.0 Å². The SMILES string of the molecule is Cn1nccc1CC(=O)N[C@@H]1CC(=O)N(C2CC2)[C@H]1c1cccnc1. The third-order valence-electron chi connectivity index (χ3n) is 4.94. The zero-order valence-corrected chi connectivity index (χ0v) is 14.1. The summed E-state index contributed by atoms with van der Waals surface area (Å²) >= 11 is 0. The maximum absolute atomic E-state index is 12.5. The van der Waals surface area contributed by atoms with E-state index in [4.69, 9.17) is 0 Å². The monoisotopic (exact) mass is 339 g/mol. The molecule has 1 saturated heterocycles. The van der Waals surface area contributed by atoms with Gasteiger partial charge in [0, 0.05) is 43.8 Å². The van der Waals surface area contributed by atoms with E-state index in [0.717, 1.165) is 24.1 Å². The van der Waals surface area contributed by atoms with Crippen molar-refractivity contribution in [2.45, 2.75) is 43.8 Å². The molecule has 2 atom stereocenters. The third kappa shape index (κ3) is 3.14. The molecule has 0 spiro atoms. The molecule has 1 N–H and O–H groups in total. The van der Waals surface area contributed by atoms with E-state index in [2.05, 4.69) is 15.4 Å². The van der Waals surface area contributed by atoms with Crippen LogP contribution in [0.25, 0.3) is 0 Å². The highest BCUT2D eigenvalue weighted by Crippen LogP contribution is 2.41. The summed E-state index contributed by atoms with van der Waals surface area (Å²) in [5.41, 5.74) is 1.82. The molecule has 0 aromatic carbocycles. The molecular formula is C18H21N5O2. The lowest BCUT2D eigenvalue weighted by molar-refractivity contribution is -0.129. The van der Waals surface area contributed by atoms with Gasteiger partial charge in [-0.2, -0.15) is 5.10 Å². The van der Waals surface area contributed by atoms with Crippen molar-refractivity contribution in [1.29, 1.82) is 0 Å². The van der Waals surface area contributed by atoms with Crippen molar-refractivity contribution in [2.75, 3.05) is 0 Å². The van der Waals surface area contributed by atoms with E-state index < -0.39 is 0 Å². The van der Waals surface area contributed by atoms with Gasteiger partial charge in [-0.05, 0) is 30.5 Å². The van der Waals surface area contributed by atoms with Crippen LogP contribution in [0.2, 0.25) is 0 Å². The summed E-state index contributed by atoms with van der Waals surface area (Å²) in [6.07, 6.45) is 7.86. The predicted octanol–water partition coefficient (Wildman–Crippen LogP) is 0.978. The number of hydrogen-bond donors (Lipinski definition) is 1. The Kier molecular flexibility index (Phi) is 3.99. The van der Waals surface area contributed by atoms with Crippen LogP contribution in [0.3, 0.4) is 0 Å². The minimum absolute atomic E-state index is 0.0899. The lowest BCUT2D eigenvalue weighted by Crippen LogP contribution is -2.41. The fraction of sp³-hybridized carbons (Fsp3) is 0.444. The van der Waals surface area contributed by atoms with E-state index in [9.17, 15) is 9.59 Å². The molecule has 2 fully saturated rings. The molecule has 0 radical (unpaired) electrons. The van der Waals surface area contributed by atoms with Gasteiger partial charge in [-0.25, -0.2) is 0 Å². The van der Waals surface area contributed by atoms with Gasteiger partial charge in [0.15, 0.2) is 0 Å². The van der Waals surface area contributed by atoms with Crippen LogP contribution in [-0.4, -0.2) is 43.6 Å². The second kappa shape index (κ2) is 6.31. The normalized spacial score (nSPS) is 23.1. The standard InChI is InChI=1S/C18H21N5O2/c1-22-14(6-8-20-22)9-16(24)21-15-10-17(25)23(13-4-5-13)18(15)12-3-2-7-19-11-12/h2-3,6-8,11,13,15,18H,4-5,9-10H2,1H3,(H,21,24)/t15-,18+/m1/s1. The van der Waals surface area contributed by atoms with E-state index in [1.807, 2.05) is 30.1 Å². The quantitative estimate of drug-likeness (QED) is 0.880. The average Bonchev–Trinajstić information content (AvgIpc) is 3.28. The summed E-state index contributed by atoms with van der Waals surface area (Å²) in [7, 11) is 1.81. The number of nitrogens with zero attached hydrogens (tertiary/aromatic N) is 4. The molecule has 2 aromatic rings. The molecule has 4 rings (SSSR count). The highest BCUT2D eigenvalue weighted by Gasteiger charge is 2.47. The van der Waals surface area contributed by atoms with Gasteiger partial charge < -0.3 is 10.2 Å². The Labute approximate surface area is 146 Å². The molecule has 0 bridgehead atoms. The number of carbonyl (C=O) groups is 2. The highest BCUT2D eigenvalue weighted by molar-refractivity contribution is 5.84. The van der Waals surface area contributed by atoms with Gasteiger partial charge in [0.2, 0.25) is 11.8 Å². The van der Waals surface area contributed by atoms with Gasteiger partial charge >= 0.3 is 0 Å². The van der Waals surface area contributed by atoms with Crippen LogP contribution < -0.4 is 5.32 Å². The van der Waals surface area contributed by atoms with Gasteiger partial charge in [-0.3, -0.25) is 19.3 Å². The minimum Gasteiger partial charge on any atom is -0.350 e. The average molecular weight is 339 g/mol. The molecule has 2 amide bonds. The molecule has 1 saturated carbocycles. The number of pyridine rings is 1. The van der Waals surface area contributed by atoms with Gasteiger partial charge in [0.1, 0.15) is 0 Å². The largest absolute Gasteiger partial charge is 0.350 e. The van der Waals surface area contributed by atoms with Crippen molar-refractivity contribution < 1.29 is 9.59 Å². The van der Waals surface area contributed by atoms with Crippen molar-refractivity contribution in [3.63, 3.8) is 0 Å². The number of aromatic nitrogens is 3. The smallest absolute Gasteiger partial charge is 0.226 e. The number of likely N-dealkylation sites (tertiary alicyclic amines) is 1. The summed E-state index contributed by atoms with van der Waals surface area (Å²) in [5.74, 6) is 0.0233. The first kappa shape index (κ1) is 15.8. The van der Waals surface area contributed by atoms with Crippen LogP contribution in [0.4, 0.5) is 0 Å². The van der Waals surface area contributed by atoms with Gasteiger partial charge in [0.25, 0.3) is 0 Å². The number of carbonyl (C=O) groups excluding carboxylic acids is 2. The number of aryl methyl sites for hydroxylation is 1. The zero-order chi connectivity index (χ0) is 17.4. The summed E-state index contributed by atoms with van der Waals surface area (Å²) in [6, 6.07) is 5.62. The lowest BCUT2D eigenvalue weighted by Gasteiger charge is -2.28. The zero-order valence-electron chi connectivity index (χ0n) is 14.1. The molecule has 2 aromatic heterocycles. The van der Waals surface area contributed by atoms with E-state index in [1.165, 1.54) is 0 Å². The van der Waals surface area contributed by atoms with Gasteiger partial charge in [0.05, 0.1) is 18.5 Å². The first-order valence-corrected chi connectivity index (χ1v) is 8.61. The van der Waals surface area contributed by atoms with E-state index in [1.54, 1.807) is 23.3 Å².